The van der Waals surface area contributed by atoms with Crippen LogP contribution in [0.3, 0.4) is 0 Å². The molecule has 5 nitrogen and oxygen atoms in total. The van der Waals surface area contributed by atoms with Crippen LogP contribution in [0.2, 0.25) is 11.1 Å². The first-order valence-corrected chi connectivity index (χ1v) is 11.3. The van der Waals surface area contributed by atoms with Gasteiger partial charge in [-0.05, 0) is 25.7 Å². The van der Waals surface area contributed by atoms with E-state index in [0.29, 0.717) is 0 Å². The standard InChI is InChI=1S/C12H26O5Si2/c13-18(17-19(14,15)16,11-7-3-1-4-8-11)12-9-5-2-6-10-12/h11-16H,1-10H2. The Kier molecular flexibility index (Phi) is 5.21. The Labute approximate surface area is 117 Å². The molecule has 0 heterocycles. The Morgan fingerprint density at radius 3 is 1.32 bits per heavy atom. The second kappa shape index (κ2) is 6.34. The van der Waals surface area contributed by atoms with Gasteiger partial charge in [-0.1, -0.05) is 38.5 Å². The van der Waals surface area contributed by atoms with Gasteiger partial charge in [0.15, 0.2) is 0 Å². The quantitative estimate of drug-likeness (QED) is 0.591. The summed E-state index contributed by atoms with van der Waals surface area (Å²) in [4.78, 5) is 39.0. The largest absolute Gasteiger partial charge is 0.662 e. The Hall–Kier alpha value is 0.234. The minimum atomic E-state index is -4.65. The normalized spacial score (nSPS) is 24.6. The van der Waals surface area contributed by atoms with E-state index in [1.165, 1.54) is 12.8 Å². The van der Waals surface area contributed by atoms with Crippen molar-refractivity contribution in [3.63, 3.8) is 0 Å². The fraction of sp³-hybridized carbons (Fsp3) is 1.00. The molecule has 2 fully saturated rings. The van der Waals surface area contributed by atoms with Crippen LogP contribution < -0.4 is 0 Å². The molecule has 112 valence electrons. The molecule has 7 heteroatoms. The van der Waals surface area contributed by atoms with Crippen molar-refractivity contribution in [3.05, 3.63) is 0 Å². The maximum Gasteiger partial charge on any atom is 0.662 e. The first kappa shape index (κ1) is 15.6. The molecule has 19 heavy (non-hydrogen) atoms. The minimum absolute atomic E-state index is 0.0441. The molecule has 0 aromatic heterocycles. The minimum Gasteiger partial charge on any atom is -0.411 e. The summed E-state index contributed by atoms with van der Waals surface area (Å²) in [6.07, 6.45) is 10.2. The number of hydrogen-bond donors (Lipinski definition) is 4. The molecule has 2 rings (SSSR count). The molecule has 0 aromatic carbocycles. The molecule has 0 radical (unpaired) electrons. The molecule has 2 saturated carbocycles. The first-order valence-electron chi connectivity index (χ1n) is 7.51. The van der Waals surface area contributed by atoms with Gasteiger partial charge in [-0.3, -0.25) is 0 Å². The molecule has 0 atom stereocenters. The molecule has 0 spiro atoms. The van der Waals surface area contributed by atoms with Crippen LogP contribution in [0.4, 0.5) is 0 Å². The van der Waals surface area contributed by atoms with Gasteiger partial charge in [0.25, 0.3) is 0 Å². The molecule has 0 amide bonds. The summed E-state index contributed by atoms with van der Waals surface area (Å²) in [6.45, 7) is 0. The lowest BCUT2D eigenvalue weighted by Crippen LogP contribution is -2.58. The van der Waals surface area contributed by atoms with Crippen molar-refractivity contribution in [2.75, 3.05) is 0 Å². The van der Waals surface area contributed by atoms with E-state index in [1.807, 2.05) is 0 Å². The van der Waals surface area contributed by atoms with E-state index < -0.39 is 17.6 Å². The van der Waals surface area contributed by atoms with Crippen LogP contribution in [0.5, 0.6) is 0 Å². The SMILES string of the molecule is O[Si](O)(O)O[Si](O)(C1CCCCC1)C1CCCCC1. The molecule has 0 unspecified atom stereocenters. The second-order valence-electron chi connectivity index (χ2n) is 6.10. The monoisotopic (exact) mass is 306 g/mol. The van der Waals surface area contributed by atoms with Gasteiger partial charge in [0.2, 0.25) is 0 Å². The molecule has 0 aliphatic heterocycles. The fourth-order valence-electron chi connectivity index (χ4n) is 3.75. The van der Waals surface area contributed by atoms with E-state index in [0.717, 1.165) is 51.4 Å². The van der Waals surface area contributed by atoms with E-state index in [-0.39, 0.29) is 11.1 Å². The zero-order valence-electron chi connectivity index (χ0n) is 11.4. The molecule has 0 saturated heterocycles. The predicted molar refractivity (Wildman–Crippen MR) is 75.1 cm³/mol. The van der Waals surface area contributed by atoms with Crippen LogP contribution in [0, 0.1) is 0 Å². The van der Waals surface area contributed by atoms with Crippen LogP contribution in [0.1, 0.15) is 64.2 Å². The maximum absolute atomic E-state index is 11.1. The molecule has 2 aliphatic carbocycles. The third kappa shape index (κ3) is 4.10. The van der Waals surface area contributed by atoms with Crippen LogP contribution in [0.25, 0.3) is 0 Å². The summed E-state index contributed by atoms with van der Waals surface area (Å²) in [5.41, 5.74) is 0.0883. The van der Waals surface area contributed by atoms with Gasteiger partial charge in [-0.15, -0.1) is 0 Å². The summed E-state index contributed by atoms with van der Waals surface area (Å²) in [6, 6.07) is 0. The van der Waals surface area contributed by atoms with Crippen LogP contribution in [-0.2, 0) is 4.12 Å². The maximum atomic E-state index is 11.1. The highest BCUT2D eigenvalue weighted by Gasteiger charge is 2.55. The van der Waals surface area contributed by atoms with Crippen molar-refractivity contribution in [1.29, 1.82) is 0 Å². The van der Waals surface area contributed by atoms with Crippen molar-refractivity contribution in [2.24, 2.45) is 0 Å². The van der Waals surface area contributed by atoms with Crippen LogP contribution in [0.15, 0.2) is 0 Å². The molecule has 0 bridgehead atoms. The average Bonchev–Trinajstić information content (AvgIpc) is 2.39. The number of hydrogen-bond acceptors (Lipinski definition) is 5. The van der Waals surface area contributed by atoms with Gasteiger partial charge < -0.3 is 23.3 Å². The number of rotatable bonds is 4. The lowest BCUT2D eigenvalue weighted by atomic mass is 9.99. The van der Waals surface area contributed by atoms with Crippen molar-refractivity contribution in [1.82, 2.24) is 0 Å². The molecule has 4 N–H and O–H groups in total. The van der Waals surface area contributed by atoms with E-state index in [9.17, 15) is 19.2 Å². The summed E-state index contributed by atoms with van der Waals surface area (Å²) in [5.74, 6) is 0. The van der Waals surface area contributed by atoms with Crippen molar-refractivity contribution >= 4 is 17.6 Å². The zero-order valence-corrected chi connectivity index (χ0v) is 13.4. The highest BCUT2D eigenvalue weighted by molar-refractivity contribution is 6.76. The third-order valence-corrected chi connectivity index (χ3v) is 10.6. The predicted octanol–water partition coefficient (Wildman–Crippen LogP) is 1.52. The Morgan fingerprint density at radius 1 is 0.632 bits per heavy atom. The fourth-order valence-corrected chi connectivity index (χ4v) is 9.98. The zero-order chi connectivity index (χ0) is 13.9. The summed E-state index contributed by atoms with van der Waals surface area (Å²) >= 11 is 0. The van der Waals surface area contributed by atoms with Crippen molar-refractivity contribution < 1.29 is 23.3 Å². The van der Waals surface area contributed by atoms with E-state index in [4.69, 9.17) is 4.12 Å². The Bertz CT molecular complexity index is 264. The van der Waals surface area contributed by atoms with E-state index in [1.54, 1.807) is 0 Å². The van der Waals surface area contributed by atoms with Gasteiger partial charge in [0.1, 0.15) is 0 Å². The lowest BCUT2D eigenvalue weighted by Gasteiger charge is -2.43. The van der Waals surface area contributed by atoms with Crippen molar-refractivity contribution in [3.8, 4) is 0 Å². The Balaban J connectivity index is 2.14. The molecular weight excluding hydrogens is 280 g/mol. The van der Waals surface area contributed by atoms with E-state index in [2.05, 4.69) is 0 Å². The van der Waals surface area contributed by atoms with Gasteiger partial charge >= 0.3 is 17.6 Å². The lowest BCUT2D eigenvalue weighted by molar-refractivity contribution is 0.0980. The van der Waals surface area contributed by atoms with Gasteiger partial charge in [-0.25, -0.2) is 0 Å². The first-order chi connectivity index (χ1) is 8.92. The van der Waals surface area contributed by atoms with Crippen LogP contribution in [-0.4, -0.2) is 36.8 Å². The van der Waals surface area contributed by atoms with Crippen LogP contribution >= 0.6 is 0 Å². The van der Waals surface area contributed by atoms with Crippen molar-refractivity contribution in [2.45, 2.75) is 75.3 Å². The highest BCUT2D eigenvalue weighted by Crippen LogP contribution is 2.47. The smallest absolute Gasteiger partial charge is 0.411 e. The topological polar surface area (TPSA) is 90.2 Å². The van der Waals surface area contributed by atoms with E-state index >= 15 is 0 Å². The highest BCUT2D eigenvalue weighted by atomic mass is 28.5. The summed E-state index contributed by atoms with van der Waals surface area (Å²) in [7, 11) is -7.92. The molecular formula is C12H26O5Si2. The Morgan fingerprint density at radius 2 is 1.00 bits per heavy atom. The second-order valence-corrected chi connectivity index (χ2v) is 11.2. The third-order valence-electron chi connectivity index (χ3n) is 4.68. The molecule has 0 aromatic rings. The summed E-state index contributed by atoms with van der Waals surface area (Å²) in [5, 5.41) is 0. The van der Waals surface area contributed by atoms with Gasteiger partial charge in [-0.2, -0.15) is 0 Å². The molecule has 2 aliphatic rings. The summed E-state index contributed by atoms with van der Waals surface area (Å²) < 4.78 is 5.20. The van der Waals surface area contributed by atoms with Gasteiger partial charge in [0.05, 0.1) is 0 Å². The average molecular weight is 307 g/mol. The van der Waals surface area contributed by atoms with Gasteiger partial charge in [0, 0.05) is 11.1 Å².